The molecule has 0 bridgehead atoms. The van der Waals surface area contributed by atoms with Crippen LogP contribution in [0.4, 0.5) is 5.95 Å². The van der Waals surface area contributed by atoms with Gasteiger partial charge in [-0.1, -0.05) is 11.8 Å². The van der Waals surface area contributed by atoms with Gasteiger partial charge >= 0.3 is 0 Å². The Balaban J connectivity index is 2.06. The van der Waals surface area contributed by atoms with Crippen LogP contribution in [0.25, 0.3) is 0 Å². The summed E-state index contributed by atoms with van der Waals surface area (Å²) < 4.78 is 5.19. The van der Waals surface area contributed by atoms with Gasteiger partial charge in [0.05, 0.1) is 0 Å². The lowest BCUT2D eigenvalue weighted by molar-refractivity contribution is 0.149. The molecule has 0 aliphatic carbocycles. The highest BCUT2D eigenvalue weighted by atomic mass is 32.2. The molecule has 3 N–H and O–H groups in total. The SMILES string of the molecule is CCOCCCSc1n[nH]c(N)n1. The zero-order chi connectivity index (χ0) is 9.52. The molecule has 1 aromatic heterocycles. The first kappa shape index (κ1) is 10.3. The van der Waals surface area contributed by atoms with Crippen LogP contribution >= 0.6 is 11.8 Å². The smallest absolute Gasteiger partial charge is 0.216 e. The molecule has 0 aliphatic heterocycles. The first-order valence-corrected chi connectivity index (χ1v) is 5.20. The number of H-pyrrole nitrogens is 1. The van der Waals surface area contributed by atoms with Crippen molar-refractivity contribution >= 4 is 17.7 Å². The van der Waals surface area contributed by atoms with E-state index < -0.39 is 0 Å². The van der Waals surface area contributed by atoms with Gasteiger partial charge in [-0.15, -0.1) is 5.10 Å². The summed E-state index contributed by atoms with van der Waals surface area (Å²) in [6, 6.07) is 0. The number of aromatic amines is 1. The number of nitrogen functional groups attached to an aromatic ring is 1. The summed E-state index contributed by atoms with van der Waals surface area (Å²) in [7, 11) is 0. The minimum Gasteiger partial charge on any atom is -0.382 e. The lowest BCUT2D eigenvalue weighted by Gasteiger charge is -1.98. The Morgan fingerprint density at radius 3 is 3.08 bits per heavy atom. The fourth-order valence-electron chi connectivity index (χ4n) is 0.791. The van der Waals surface area contributed by atoms with Crippen molar-refractivity contribution in [1.29, 1.82) is 0 Å². The Bertz CT molecular complexity index is 240. The molecule has 1 heterocycles. The molecule has 1 rings (SSSR count). The van der Waals surface area contributed by atoms with Crippen LogP contribution in [0.3, 0.4) is 0 Å². The van der Waals surface area contributed by atoms with Gasteiger partial charge in [0.2, 0.25) is 11.1 Å². The van der Waals surface area contributed by atoms with Crippen molar-refractivity contribution < 1.29 is 4.74 Å². The second-order valence-electron chi connectivity index (χ2n) is 2.40. The fourth-order valence-corrected chi connectivity index (χ4v) is 1.51. The molecular formula is C7H14N4OS. The van der Waals surface area contributed by atoms with Gasteiger partial charge in [-0.3, -0.25) is 0 Å². The summed E-state index contributed by atoms with van der Waals surface area (Å²) >= 11 is 1.58. The van der Waals surface area contributed by atoms with Gasteiger partial charge in [-0.2, -0.15) is 4.98 Å². The summed E-state index contributed by atoms with van der Waals surface area (Å²) in [5, 5.41) is 7.18. The van der Waals surface area contributed by atoms with E-state index in [0.29, 0.717) is 11.1 Å². The van der Waals surface area contributed by atoms with Crippen LogP contribution in [0.15, 0.2) is 5.16 Å². The van der Waals surface area contributed by atoms with Gasteiger partial charge in [0, 0.05) is 19.0 Å². The molecule has 0 radical (unpaired) electrons. The second kappa shape index (κ2) is 5.82. The lowest BCUT2D eigenvalue weighted by atomic mass is 10.5. The maximum Gasteiger partial charge on any atom is 0.216 e. The monoisotopic (exact) mass is 202 g/mol. The number of nitrogens with two attached hydrogens (primary N) is 1. The highest BCUT2D eigenvalue weighted by Gasteiger charge is 1.99. The molecule has 6 heteroatoms. The van der Waals surface area contributed by atoms with E-state index in [9.17, 15) is 0 Å². The molecular weight excluding hydrogens is 188 g/mol. The highest BCUT2D eigenvalue weighted by Crippen LogP contribution is 2.13. The van der Waals surface area contributed by atoms with Crippen LogP contribution in [0, 0.1) is 0 Å². The average molecular weight is 202 g/mol. The Labute approximate surface area is 81.4 Å². The van der Waals surface area contributed by atoms with Crippen molar-refractivity contribution in [2.45, 2.75) is 18.5 Å². The molecule has 74 valence electrons. The molecule has 1 aromatic rings. The van der Waals surface area contributed by atoms with E-state index in [1.54, 1.807) is 11.8 Å². The number of aromatic nitrogens is 3. The predicted octanol–water partition coefficient (Wildman–Crippen LogP) is 0.906. The Hall–Kier alpha value is -0.750. The van der Waals surface area contributed by atoms with Crippen molar-refractivity contribution in [3.63, 3.8) is 0 Å². The van der Waals surface area contributed by atoms with Gasteiger partial charge < -0.3 is 10.5 Å². The molecule has 0 aliphatic rings. The van der Waals surface area contributed by atoms with Crippen LogP contribution in [-0.4, -0.2) is 34.1 Å². The number of anilines is 1. The second-order valence-corrected chi connectivity index (χ2v) is 3.46. The molecule has 0 saturated heterocycles. The van der Waals surface area contributed by atoms with Crippen LogP contribution < -0.4 is 5.73 Å². The molecule has 0 unspecified atom stereocenters. The fraction of sp³-hybridized carbons (Fsp3) is 0.714. The van der Waals surface area contributed by atoms with E-state index in [0.717, 1.165) is 25.4 Å². The van der Waals surface area contributed by atoms with Crippen molar-refractivity contribution in [2.75, 3.05) is 24.7 Å². The Morgan fingerprint density at radius 2 is 2.46 bits per heavy atom. The highest BCUT2D eigenvalue weighted by molar-refractivity contribution is 7.99. The molecule has 0 amide bonds. The van der Waals surface area contributed by atoms with E-state index in [-0.39, 0.29) is 0 Å². The van der Waals surface area contributed by atoms with Crippen molar-refractivity contribution in [2.24, 2.45) is 0 Å². The first-order valence-electron chi connectivity index (χ1n) is 4.21. The standard InChI is InChI=1S/C7H14N4OS/c1-2-12-4-3-5-13-7-9-6(8)10-11-7/h2-5H2,1H3,(H3,8,9,10,11). The van der Waals surface area contributed by atoms with Crippen LogP contribution in [0.2, 0.25) is 0 Å². The predicted molar refractivity (Wildman–Crippen MR) is 52.6 cm³/mol. The van der Waals surface area contributed by atoms with Crippen LogP contribution in [0.5, 0.6) is 0 Å². The summed E-state index contributed by atoms with van der Waals surface area (Å²) in [5.41, 5.74) is 5.36. The maximum absolute atomic E-state index is 5.36. The zero-order valence-corrected chi connectivity index (χ0v) is 8.43. The summed E-state index contributed by atoms with van der Waals surface area (Å²) in [6.45, 7) is 3.56. The largest absolute Gasteiger partial charge is 0.382 e. The van der Waals surface area contributed by atoms with Gasteiger partial charge in [0.25, 0.3) is 0 Å². The van der Waals surface area contributed by atoms with Gasteiger partial charge in [-0.25, -0.2) is 5.10 Å². The minimum absolute atomic E-state index is 0.368. The van der Waals surface area contributed by atoms with E-state index >= 15 is 0 Å². The first-order chi connectivity index (χ1) is 6.33. The lowest BCUT2D eigenvalue weighted by Crippen LogP contribution is -1.94. The molecule has 13 heavy (non-hydrogen) atoms. The van der Waals surface area contributed by atoms with E-state index in [1.807, 2.05) is 6.92 Å². The van der Waals surface area contributed by atoms with Crippen molar-refractivity contribution in [3.8, 4) is 0 Å². The van der Waals surface area contributed by atoms with Gasteiger partial charge in [0.15, 0.2) is 0 Å². The van der Waals surface area contributed by atoms with Crippen molar-refractivity contribution in [1.82, 2.24) is 15.2 Å². The van der Waals surface area contributed by atoms with Crippen LogP contribution in [0.1, 0.15) is 13.3 Å². The van der Waals surface area contributed by atoms with Crippen molar-refractivity contribution in [3.05, 3.63) is 0 Å². The third-order valence-electron chi connectivity index (χ3n) is 1.35. The number of ether oxygens (including phenoxy) is 1. The van der Waals surface area contributed by atoms with E-state index in [1.165, 1.54) is 0 Å². The molecule has 0 fully saturated rings. The molecule has 0 spiro atoms. The minimum atomic E-state index is 0.368. The zero-order valence-electron chi connectivity index (χ0n) is 7.62. The van der Waals surface area contributed by atoms with E-state index in [2.05, 4.69) is 15.2 Å². The Morgan fingerprint density at radius 1 is 1.62 bits per heavy atom. The maximum atomic E-state index is 5.36. The van der Waals surface area contributed by atoms with Crippen LogP contribution in [-0.2, 0) is 4.74 Å². The number of hydrogen-bond acceptors (Lipinski definition) is 5. The summed E-state index contributed by atoms with van der Waals surface area (Å²) in [5.74, 6) is 1.32. The number of nitrogens with zero attached hydrogens (tertiary/aromatic N) is 2. The normalized spacial score (nSPS) is 10.5. The number of hydrogen-bond donors (Lipinski definition) is 2. The number of thioether (sulfide) groups is 1. The van der Waals surface area contributed by atoms with Gasteiger partial charge in [-0.05, 0) is 13.3 Å². The summed E-state index contributed by atoms with van der Waals surface area (Å²) in [6.07, 6.45) is 1.01. The topological polar surface area (TPSA) is 76.8 Å². The number of rotatable bonds is 6. The quantitative estimate of drug-likeness (QED) is 0.529. The average Bonchev–Trinajstić information content (AvgIpc) is 2.51. The molecule has 0 saturated carbocycles. The molecule has 0 atom stereocenters. The van der Waals surface area contributed by atoms with E-state index in [4.69, 9.17) is 10.5 Å². The van der Waals surface area contributed by atoms with Gasteiger partial charge in [0.1, 0.15) is 0 Å². The third kappa shape index (κ3) is 4.14. The molecule has 5 nitrogen and oxygen atoms in total. The summed E-state index contributed by atoms with van der Waals surface area (Å²) in [4.78, 5) is 3.96. The third-order valence-corrected chi connectivity index (χ3v) is 2.28. The number of nitrogens with one attached hydrogen (secondary N) is 1. The Kier molecular flexibility index (Phi) is 4.63. The molecule has 0 aromatic carbocycles.